The third-order valence-corrected chi connectivity index (χ3v) is 6.74. The topological polar surface area (TPSA) is 74.3 Å². The highest BCUT2D eigenvalue weighted by molar-refractivity contribution is 5.74. The molecular formula is C25H22F3N5O2. The van der Waals surface area contributed by atoms with E-state index < -0.39 is 23.0 Å². The second-order valence-corrected chi connectivity index (χ2v) is 9.21. The van der Waals surface area contributed by atoms with Crippen LogP contribution in [0.2, 0.25) is 0 Å². The molecule has 0 amide bonds. The summed E-state index contributed by atoms with van der Waals surface area (Å²) >= 11 is 0. The number of hydrogen-bond donors (Lipinski definition) is 0. The van der Waals surface area contributed by atoms with Gasteiger partial charge in [-0.1, -0.05) is 0 Å². The van der Waals surface area contributed by atoms with E-state index >= 15 is 0 Å². The summed E-state index contributed by atoms with van der Waals surface area (Å²) in [6.07, 6.45) is 8.50. The van der Waals surface area contributed by atoms with Gasteiger partial charge in [-0.15, -0.1) is 0 Å². The summed E-state index contributed by atoms with van der Waals surface area (Å²) in [4.78, 5) is 21.7. The number of rotatable bonds is 4. The van der Waals surface area contributed by atoms with E-state index in [2.05, 4.69) is 15.1 Å². The lowest BCUT2D eigenvalue weighted by Gasteiger charge is -2.29. The second kappa shape index (κ2) is 8.30. The molecule has 4 aromatic rings. The molecule has 1 saturated carbocycles. The number of aryl methyl sites for hydroxylation is 1. The molecule has 0 spiro atoms. The first-order chi connectivity index (χ1) is 16.9. The van der Waals surface area contributed by atoms with Crippen LogP contribution in [0.15, 0.2) is 41.6 Å². The quantitative estimate of drug-likeness (QED) is 0.424. The molecule has 0 radical (unpaired) electrons. The van der Waals surface area contributed by atoms with Crippen molar-refractivity contribution in [1.82, 2.24) is 24.1 Å². The molecule has 0 bridgehead atoms. The van der Waals surface area contributed by atoms with E-state index in [1.807, 2.05) is 17.1 Å². The van der Waals surface area contributed by atoms with Gasteiger partial charge in [0, 0.05) is 42.1 Å². The lowest BCUT2D eigenvalue weighted by molar-refractivity contribution is 0.00454. The Bertz CT molecular complexity index is 1510. The molecule has 7 nitrogen and oxygen atoms in total. The van der Waals surface area contributed by atoms with E-state index in [1.54, 1.807) is 0 Å². The van der Waals surface area contributed by atoms with Crippen molar-refractivity contribution in [2.24, 2.45) is 0 Å². The first-order valence-electron chi connectivity index (χ1n) is 11.6. The van der Waals surface area contributed by atoms with Crippen LogP contribution < -0.4 is 5.56 Å². The number of aromatic nitrogens is 5. The van der Waals surface area contributed by atoms with Gasteiger partial charge in [-0.2, -0.15) is 9.49 Å². The molecule has 2 atom stereocenters. The predicted molar refractivity (Wildman–Crippen MR) is 120 cm³/mol. The van der Waals surface area contributed by atoms with Crippen LogP contribution in [0.1, 0.15) is 60.7 Å². The van der Waals surface area contributed by atoms with Crippen LogP contribution in [0, 0.1) is 24.4 Å². The van der Waals surface area contributed by atoms with E-state index in [0.29, 0.717) is 31.2 Å². The fraction of sp³-hybridized carbons (Fsp3) is 0.360. The summed E-state index contributed by atoms with van der Waals surface area (Å²) in [5, 5.41) is 4.45. The van der Waals surface area contributed by atoms with Gasteiger partial charge in [-0.3, -0.25) is 13.9 Å². The van der Waals surface area contributed by atoms with Gasteiger partial charge in [0.05, 0.1) is 29.7 Å². The van der Waals surface area contributed by atoms with Gasteiger partial charge < -0.3 is 4.74 Å². The van der Waals surface area contributed by atoms with Gasteiger partial charge in [0.15, 0.2) is 5.65 Å². The van der Waals surface area contributed by atoms with E-state index in [9.17, 15) is 18.0 Å². The highest BCUT2D eigenvalue weighted by atomic mass is 19.1. The lowest BCUT2D eigenvalue weighted by Crippen LogP contribution is -2.24. The normalized spacial score (nSPS) is 20.5. The SMILES string of the molecule is Cc1nc2c(-c3ccc(F)cc3F)nc([C@H]3CCO[C@@H](c4cnn(C5CC5)c4)C3)cn2c(=O)c1F. The van der Waals surface area contributed by atoms with Crippen LogP contribution in [-0.4, -0.2) is 30.8 Å². The smallest absolute Gasteiger partial charge is 0.294 e. The van der Waals surface area contributed by atoms with E-state index in [4.69, 9.17) is 4.74 Å². The van der Waals surface area contributed by atoms with E-state index in [1.165, 1.54) is 19.2 Å². The minimum Gasteiger partial charge on any atom is -0.373 e. The van der Waals surface area contributed by atoms with E-state index in [0.717, 1.165) is 34.9 Å². The number of ether oxygens (including phenoxy) is 1. The molecule has 1 aliphatic heterocycles. The molecule has 2 fully saturated rings. The predicted octanol–water partition coefficient (Wildman–Crippen LogP) is 4.65. The fourth-order valence-electron chi connectivity index (χ4n) is 4.66. The maximum Gasteiger partial charge on any atom is 0.294 e. The summed E-state index contributed by atoms with van der Waals surface area (Å²) in [5.74, 6) is -2.70. The third kappa shape index (κ3) is 3.91. The molecule has 2 aliphatic rings. The Kier molecular flexibility index (Phi) is 5.21. The van der Waals surface area contributed by atoms with Gasteiger partial charge >= 0.3 is 0 Å². The monoisotopic (exact) mass is 481 g/mol. The lowest BCUT2D eigenvalue weighted by atomic mass is 9.90. The highest BCUT2D eigenvalue weighted by Gasteiger charge is 2.30. The fourth-order valence-corrected chi connectivity index (χ4v) is 4.66. The highest BCUT2D eigenvalue weighted by Crippen LogP contribution is 2.40. The van der Waals surface area contributed by atoms with Crippen molar-refractivity contribution in [1.29, 1.82) is 0 Å². The summed E-state index contributed by atoms with van der Waals surface area (Å²) in [5.41, 5.74) is 0.501. The molecule has 6 rings (SSSR count). The van der Waals surface area contributed by atoms with Crippen molar-refractivity contribution in [3.05, 3.63) is 81.5 Å². The van der Waals surface area contributed by atoms with Gasteiger partial charge in [-0.25, -0.2) is 18.7 Å². The zero-order valence-corrected chi connectivity index (χ0v) is 18.9. The van der Waals surface area contributed by atoms with Crippen molar-refractivity contribution in [2.75, 3.05) is 6.61 Å². The second-order valence-electron chi connectivity index (χ2n) is 9.21. The summed E-state index contributed by atoms with van der Waals surface area (Å²) in [6, 6.07) is 3.56. The van der Waals surface area contributed by atoms with Gasteiger partial charge in [-0.05, 0) is 44.7 Å². The Morgan fingerprint density at radius 1 is 1.09 bits per heavy atom. The van der Waals surface area contributed by atoms with Crippen molar-refractivity contribution in [2.45, 2.75) is 50.7 Å². The molecule has 0 N–H and O–H groups in total. The van der Waals surface area contributed by atoms with E-state index in [-0.39, 0.29) is 34.6 Å². The number of fused-ring (bicyclic) bond motifs is 1. The molecule has 1 aromatic carbocycles. The first-order valence-corrected chi connectivity index (χ1v) is 11.6. The minimum absolute atomic E-state index is 0.0116. The summed E-state index contributed by atoms with van der Waals surface area (Å²) < 4.78 is 51.9. The Labute approximate surface area is 198 Å². The Morgan fingerprint density at radius 3 is 2.69 bits per heavy atom. The van der Waals surface area contributed by atoms with Crippen LogP contribution in [-0.2, 0) is 4.74 Å². The van der Waals surface area contributed by atoms with Crippen LogP contribution in [0.25, 0.3) is 16.9 Å². The van der Waals surface area contributed by atoms with Gasteiger partial charge in [0.2, 0.25) is 5.82 Å². The molecule has 35 heavy (non-hydrogen) atoms. The van der Waals surface area contributed by atoms with Crippen LogP contribution in [0.3, 0.4) is 0 Å². The maximum atomic E-state index is 14.8. The molecule has 0 unspecified atom stereocenters. The average Bonchev–Trinajstić information content (AvgIpc) is 3.59. The minimum atomic E-state index is -0.984. The summed E-state index contributed by atoms with van der Waals surface area (Å²) in [6.45, 7) is 1.82. The first kappa shape index (κ1) is 22.0. The zero-order chi connectivity index (χ0) is 24.3. The summed E-state index contributed by atoms with van der Waals surface area (Å²) in [7, 11) is 0. The standard InChI is InChI=1S/C25H22F3N5O2/c1-13-22(28)25(34)32-12-20(31-23(24(32)30-13)18-5-2-16(26)9-19(18)27)14-6-7-35-21(8-14)15-10-29-33(11-15)17-3-4-17/h2,5,9-12,14,17,21H,3-4,6-8H2,1H3/t14-,21+/m0/s1. The third-order valence-electron chi connectivity index (χ3n) is 6.74. The Balaban J connectivity index is 1.45. The number of halogens is 3. The molecule has 1 aliphatic carbocycles. The Morgan fingerprint density at radius 2 is 1.91 bits per heavy atom. The molecule has 4 heterocycles. The number of benzene rings is 1. The Hall–Kier alpha value is -3.53. The number of hydrogen-bond acceptors (Lipinski definition) is 5. The largest absolute Gasteiger partial charge is 0.373 e. The van der Waals surface area contributed by atoms with Gasteiger partial charge in [0.1, 0.15) is 17.3 Å². The number of nitrogens with zero attached hydrogens (tertiary/aromatic N) is 5. The van der Waals surface area contributed by atoms with Crippen LogP contribution in [0.5, 0.6) is 0 Å². The van der Waals surface area contributed by atoms with Gasteiger partial charge in [0.25, 0.3) is 5.56 Å². The van der Waals surface area contributed by atoms with Crippen molar-refractivity contribution >= 4 is 5.65 Å². The van der Waals surface area contributed by atoms with Crippen LogP contribution in [0.4, 0.5) is 13.2 Å². The van der Waals surface area contributed by atoms with Crippen molar-refractivity contribution < 1.29 is 17.9 Å². The molecule has 180 valence electrons. The van der Waals surface area contributed by atoms with Crippen molar-refractivity contribution in [3.8, 4) is 11.3 Å². The van der Waals surface area contributed by atoms with Crippen LogP contribution >= 0.6 is 0 Å². The molecule has 10 heteroatoms. The molecule has 3 aromatic heterocycles. The average molecular weight is 481 g/mol. The van der Waals surface area contributed by atoms with Crippen molar-refractivity contribution in [3.63, 3.8) is 0 Å². The molecular weight excluding hydrogens is 459 g/mol. The maximum absolute atomic E-state index is 14.8. The molecule has 1 saturated heterocycles. The zero-order valence-electron chi connectivity index (χ0n) is 18.9.